The highest BCUT2D eigenvalue weighted by Gasteiger charge is 2.21. The quantitative estimate of drug-likeness (QED) is 0.817. The number of nitrogens with zero attached hydrogens (tertiary/aromatic N) is 1. The van der Waals surface area contributed by atoms with Crippen LogP contribution in [0.15, 0.2) is 6.07 Å². The number of aryl methyl sites for hydroxylation is 1. The zero-order valence-corrected chi connectivity index (χ0v) is 8.36. The largest absolute Gasteiger partial charge is 0.477 e. The van der Waals surface area contributed by atoms with Gasteiger partial charge in [-0.25, -0.2) is 18.6 Å². The van der Waals surface area contributed by atoms with Gasteiger partial charge in [0.2, 0.25) is 0 Å². The zero-order valence-electron chi connectivity index (χ0n) is 7.54. The molecular weight excluding hydrogens is 224 g/mol. The summed E-state index contributed by atoms with van der Waals surface area (Å²) in [7, 11) is 0. The molecule has 2 rings (SSSR count). The van der Waals surface area contributed by atoms with Crippen molar-refractivity contribution in [1.29, 1.82) is 0 Å². The minimum Gasteiger partial charge on any atom is -0.477 e. The Bertz CT molecular complexity index is 565. The van der Waals surface area contributed by atoms with E-state index in [0.29, 0.717) is 5.01 Å². The number of hydrogen-bond acceptors (Lipinski definition) is 3. The van der Waals surface area contributed by atoms with Crippen LogP contribution in [0.5, 0.6) is 0 Å². The summed E-state index contributed by atoms with van der Waals surface area (Å²) in [5.41, 5.74) is -0.774. The van der Waals surface area contributed by atoms with Crippen molar-refractivity contribution in [1.82, 2.24) is 4.98 Å². The molecule has 15 heavy (non-hydrogen) atoms. The fourth-order valence-electron chi connectivity index (χ4n) is 1.30. The van der Waals surface area contributed by atoms with Gasteiger partial charge in [-0.1, -0.05) is 0 Å². The second kappa shape index (κ2) is 3.23. The van der Waals surface area contributed by atoms with Crippen molar-refractivity contribution in [2.75, 3.05) is 0 Å². The van der Waals surface area contributed by atoms with E-state index in [1.807, 2.05) is 0 Å². The highest BCUT2D eigenvalue weighted by atomic mass is 32.1. The lowest BCUT2D eigenvalue weighted by atomic mass is 10.2. The lowest BCUT2D eigenvalue weighted by molar-refractivity contribution is 0.0687. The summed E-state index contributed by atoms with van der Waals surface area (Å²) < 4.78 is 26.8. The number of fused-ring (bicyclic) bond motifs is 1. The summed E-state index contributed by atoms with van der Waals surface area (Å²) in [4.78, 5) is 14.5. The van der Waals surface area contributed by atoms with Gasteiger partial charge in [0, 0.05) is 6.07 Å². The van der Waals surface area contributed by atoms with E-state index in [-0.39, 0.29) is 10.2 Å². The maximum absolute atomic E-state index is 13.5. The predicted octanol–water partition coefficient (Wildman–Crippen LogP) is 2.58. The molecule has 1 aromatic heterocycles. The second-order valence-electron chi connectivity index (χ2n) is 2.93. The van der Waals surface area contributed by atoms with Crippen molar-refractivity contribution in [3.05, 3.63) is 28.3 Å². The van der Waals surface area contributed by atoms with E-state index in [1.54, 1.807) is 6.92 Å². The molecule has 0 atom stereocenters. The molecule has 78 valence electrons. The van der Waals surface area contributed by atoms with Gasteiger partial charge in [0.1, 0.15) is 11.4 Å². The monoisotopic (exact) mass is 229 g/mol. The van der Waals surface area contributed by atoms with Crippen LogP contribution in [0, 0.1) is 18.6 Å². The molecule has 3 nitrogen and oxygen atoms in total. The third-order valence-electron chi connectivity index (χ3n) is 1.90. The topological polar surface area (TPSA) is 50.2 Å². The number of carboxylic acid groups (broad SMARTS) is 1. The van der Waals surface area contributed by atoms with Crippen LogP contribution in [-0.4, -0.2) is 16.1 Å². The molecule has 6 heteroatoms. The van der Waals surface area contributed by atoms with Crippen molar-refractivity contribution in [3.8, 4) is 0 Å². The molecule has 1 aromatic carbocycles. The predicted molar refractivity (Wildman–Crippen MR) is 51.2 cm³/mol. The highest BCUT2D eigenvalue weighted by Crippen LogP contribution is 2.28. The average Bonchev–Trinajstić information content (AvgIpc) is 2.45. The Kier molecular flexibility index (Phi) is 2.15. The number of aromatic carboxylic acids is 1. The number of benzene rings is 1. The Balaban J connectivity index is 2.89. The molecule has 0 aliphatic carbocycles. The molecule has 0 amide bonds. The van der Waals surface area contributed by atoms with Gasteiger partial charge < -0.3 is 5.11 Å². The number of hydrogen-bond donors (Lipinski definition) is 1. The van der Waals surface area contributed by atoms with Crippen LogP contribution >= 0.6 is 11.3 Å². The van der Waals surface area contributed by atoms with Crippen molar-refractivity contribution >= 4 is 27.5 Å². The first-order valence-electron chi connectivity index (χ1n) is 3.99. The van der Waals surface area contributed by atoms with Gasteiger partial charge >= 0.3 is 5.97 Å². The van der Waals surface area contributed by atoms with Crippen molar-refractivity contribution < 1.29 is 18.7 Å². The van der Waals surface area contributed by atoms with E-state index >= 15 is 0 Å². The number of aromatic nitrogens is 1. The molecule has 0 bridgehead atoms. The third-order valence-corrected chi connectivity index (χ3v) is 2.87. The first-order valence-corrected chi connectivity index (χ1v) is 4.81. The summed E-state index contributed by atoms with van der Waals surface area (Å²) in [5.74, 6) is -3.76. The van der Waals surface area contributed by atoms with E-state index < -0.39 is 23.2 Å². The minimum atomic E-state index is -1.61. The van der Waals surface area contributed by atoms with Crippen molar-refractivity contribution in [2.45, 2.75) is 6.92 Å². The Morgan fingerprint density at radius 1 is 1.53 bits per heavy atom. The third kappa shape index (κ3) is 1.46. The highest BCUT2D eigenvalue weighted by molar-refractivity contribution is 7.18. The van der Waals surface area contributed by atoms with Crippen LogP contribution in [0.1, 0.15) is 15.4 Å². The Hall–Kier alpha value is -1.56. The maximum Gasteiger partial charge on any atom is 0.341 e. The fourth-order valence-corrected chi connectivity index (χ4v) is 2.15. The zero-order chi connectivity index (χ0) is 11.2. The number of rotatable bonds is 1. The lowest BCUT2D eigenvalue weighted by Crippen LogP contribution is -2.04. The van der Waals surface area contributed by atoms with Crippen LogP contribution in [0.25, 0.3) is 10.2 Å². The van der Waals surface area contributed by atoms with E-state index in [0.717, 1.165) is 17.4 Å². The fraction of sp³-hybridized carbons (Fsp3) is 0.111. The molecule has 0 unspecified atom stereocenters. The van der Waals surface area contributed by atoms with Crippen molar-refractivity contribution in [2.24, 2.45) is 0 Å². The van der Waals surface area contributed by atoms with Crippen molar-refractivity contribution in [3.63, 3.8) is 0 Å². The van der Waals surface area contributed by atoms with Gasteiger partial charge in [0.05, 0.1) is 15.2 Å². The van der Waals surface area contributed by atoms with Gasteiger partial charge in [-0.2, -0.15) is 0 Å². The van der Waals surface area contributed by atoms with E-state index in [4.69, 9.17) is 5.11 Å². The maximum atomic E-state index is 13.5. The first-order chi connectivity index (χ1) is 7.00. The van der Waals surface area contributed by atoms with E-state index in [9.17, 15) is 13.6 Å². The molecule has 0 aliphatic rings. The van der Waals surface area contributed by atoms with Crippen LogP contribution in [0.3, 0.4) is 0 Å². The van der Waals surface area contributed by atoms with E-state index in [1.165, 1.54) is 0 Å². The van der Waals surface area contributed by atoms with Gasteiger partial charge in [-0.15, -0.1) is 11.3 Å². The van der Waals surface area contributed by atoms with Gasteiger partial charge in [0.25, 0.3) is 0 Å². The summed E-state index contributed by atoms with van der Waals surface area (Å²) in [6.45, 7) is 1.64. The molecule has 0 saturated carbocycles. The molecular formula is C9H5F2NO2S. The smallest absolute Gasteiger partial charge is 0.341 e. The van der Waals surface area contributed by atoms with Crippen LogP contribution in [0.4, 0.5) is 8.78 Å². The number of halogens is 2. The number of carbonyl (C=O) groups is 1. The van der Waals surface area contributed by atoms with Gasteiger partial charge in [-0.3, -0.25) is 0 Å². The average molecular weight is 229 g/mol. The van der Waals surface area contributed by atoms with Crippen LogP contribution < -0.4 is 0 Å². The standard InChI is InChI=1S/C9H5F2NO2S/c1-3-12-5-2-4(10)6(9(13)14)7(11)8(5)15-3/h2H,1H3,(H,13,14). The molecule has 0 fully saturated rings. The second-order valence-corrected chi connectivity index (χ2v) is 4.14. The van der Waals surface area contributed by atoms with Gasteiger partial charge in [0.15, 0.2) is 5.82 Å². The Labute approximate surface area is 87.0 Å². The van der Waals surface area contributed by atoms with E-state index in [2.05, 4.69) is 4.98 Å². The molecule has 1 N–H and O–H groups in total. The molecule has 2 aromatic rings. The first kappa shape index (κ1) is 9.97. The molecule has 0 aliphatic heterocycles. The van der Waals surface area contributed by atoms with Crippen LogP contribution in [-0.2, 0) is 0 Å². The van der Waals surface area contributed by atoms with Gasteiger partial charge in [-0.05, 0) is 6.92 Å². The normalized spacial score (nSPS) is 10.9. The van der Waals surface area contributed by atoms with Crippen LogP contribution in [0.2, 0.25) is 0 Å². The SMILES string of the molecule is Cc1nc2cc(F)c(C(=O)O)c(F)c2s1. The molecule has 0 saturated heterocycles. The molecule has 1 heterocycles. The summed E-state index contributed by atoms with van der Waals surface area (Å²) in [6.07, 6.45) is 0. The molecule has 0 spiro atoms. The summed E-state index contributed by atoms with van der Waals surface area (Å²) in [6, 6.07) is 0.936. The number of carboxylic acids is 1. The Morgan fingerprint density at radius 3 is 2.80 bits per heavy atom. The minimum absolute atomic E-state index is 0.0753. The summed E-state index contributed by atoms with van der Waals surface area (Å²) in [5, 5.41) is 9.18. The Morgan fingerprint density at radius 2 is 2.20 bits per heavy atom. The molecule has 0 radical (unpaired) electrons. The number of thiazole rings is 1. The lowest BCUT2D eigenvalue weighted by Gasteiger charge is -1.99. The summed E-state index contributed by atoms with van der Waals surface area (Å²) >= 11 is 1.00.